The van der Waals surface area contributed by atoms with Crippen LogP contribution in [0.5, 0.6) is 0 Å². The summed E-state index contributed by atoms with van der Waals surface area (Å²) >= 11 is 0. The summed E-state index contributed by atoms with van der Waals surface area (Å²) in [7, 11) is 0. The summed E-state index contributed by atoms with van der Waals surface area (Å²) in [5, 5.41) is 17.7. The van der Waals surface area contributed by atoms with Gasteiger partial charge in [0, 0.05) is 12.4 Å². The lowest BCUT2D eigenvalue weighted by Gasteiger charge is -2.28. The SMILES string of the molecule is CC(O)(c1cnccn1)C(F)(F)C(=O)O. The predicted octanol–water partition coefficient (Wildman–Crippen LogP) is 0.404. The van der Waals surface area contributed by atoms with Gasteiger partial charge in [0.2, 0.25) is 0 Å². The third-order valence-electron chi connectivity index (χ3n) is 1.94. The third-order valence-corrected chi connectivity index (χ3v) is 1.94. The predicted molar refractivity (Wildman–Crippen MR) is 44.2 cm³/mol. The molecule has 1 aromatic heterocycles. The lowest BCUT2D eigenvalue weighted by atomic mass is 9.94. The molecule has 15 heavy (non-hydrogen) atoms. The molecule has 0 saturated heterocycles. The number of aliphatic hydroxyl groups is 1. The van der Waals surface area contributed by atoms with Crippen molar-refractivity contribution in [3.05, 3.63) is 24.3 Å². The summed E-state index contributed by atoms with van der Waals surface area (Å²) < 4.78 is 26.2. The number of carboxylic acids is 1. The van der Waals surface area contributed by atoms with Crippen LogP contribution >= 0.6 is 0 Å². The highest BCUT2D eigenvalue weighted by Gasteiger charge is 2.58. The van der Waals surface area contributed by atoms with E-state index in [0.717, 1.165) is 12.4 Å². The Balaban J connectivity index is 3.19. The molecule has 0 saturated carbocycles. The standard InChI is InChI=1S/C8H8F2N2O3/c1-7(15,8(9,10)6(13)14)5-4-11-2-3-12-5/h2-4,15H,1H3,(H,13,14). The first-order valence-corrected chi connectivity index (χ1v) is 3.90. The highest BCUT2D eigenvalue weighted by atomic mass is 19.3. The van der Waals surface area contributed by atoms with Gasteiger partial charge in [-0.15, -0.1) is 0 Å². The molecule has 0 bridgehead atoms. The van der Waals surface area contributed by atoms with Crippen LogP contribution in [0.25, 0.3) is 0 Å². The van der Waals surface area contributed by atoms with Crippen LogP contribution in [0.2, 0.25) is 0 Å². The molecule has 1 rings (SSSR count). The van der Waals surface area contributed by atoms with Gasteiger partial charge in [-0.1, -0.05) is 0 Å². The van der Waals surface area contributed by atoms with Crippen LogP contribution in [0.15, 0.2) is 18.6 Å². The van der Waals surface area contributed by atoms with Crippen molar-refractivity contribution < 1.29 is 23.8 Å². The van der Waals surface area contributed by atoms with Crippen LogP contribution in [-0.2, 0) is 10.4 Å². The van der Waals surface area contributed by atoms with Crippen LogP contribution in [0.4, 0.5) is 8.78 Å². The molecule has 1 unspecified atom stereocenters. The smallest absolute Gasteiger partial charge is 0.378 e. The monoisotopic (exact) mass is 218 g/mol. The first-order valence-electron chi connectivity index (χ1n) is 3.90. The maximum absolute atomic E-state index is 13.1. The zero-order valence-electron chi connectivity index (χ0n) is 7.69. The second-order valence-corrected chi connectivity index (χ2v) is 3.04. The summed E-state index contributed by atoms with van der Waals surface area (Å²) in [4.78, 5) is 17.2. The average Bonchev–Trinajstić information content (AvgIpc) is 2.18. The number of nitrogens with zero attached hydrogens (tertiary/aromatic N) is 2. The third kappa shape index (κ3) is 1.78. The van der Waals surface area contributed by atoms with Crippen LogP contribution in [0, 0.1) is 0 Å². The molecule has 0 aliphatic carbocycles. The number of halogens is 2. The number of hydrogen-bond donors (Lipinski definition) is 2. The van der Waals surface area contributed by atoms with E-state index >= 15 is 0 Å². The van der Waals surface area contributed by atoms with Gasteiger partial charge in [-0.25, -0.2) is 4.79 Å². The maximum atomic E-state index is 13.1. The van der Waals surface area contributed by atoms with Gasteiger partial charge in [0.25, 0.3) is 0 Å². The van der Waals surface area contributed by atoms with Gasteiger partial charge in [-0.2, -0.15) is 8.78 Å². The number of aromatic nitrogens is 2. The van der Waals surface area contributed by atoms with Crippen molar-refractivity contribution in [2.45, 2.75) is 18.4 Å². The molecule has 0 amide bonds. The zero-order chi connectivity index (χ0) is 11.7. The topological polar surface area (TPSA) is 83.3 Å². The molecular weight excluding hydrogens is 210 g/mol. The number of aliphatic carboxylic acids is 1. The Morgan fingerprint density at radius 1 is 1.47 bits per heavy atom. The average molecular weight is 218 g/mol. The van der Waals surface area contributed by atoms with Crippen LogP contribution in [-0.4, -0.2) is 32.1 Å². The van der Waals surface area contributed by atoms with Crippen molar-refractivity contribution in [1.82, 2.24) is 9.97 Å². The normalized spacial score (nSPS) is 15.7. The molecule has 0 radical (unpaired) electrons. The van der Waals surface area contributed by atoms with Gasteiger partial charge < -0.3 is 10.2 Å². The molecule has 7 heteroatoms. The van der Waals surface area contributed by atoms with E-state index in [4.69, 9.17) is 5.11 Å². The van der Waals surface area contributed by atoms with E-state index in [1.54, 1.807) is 0 Å². The van der Waals surface area contributed by atoms with Gasteiger partial charge in [0.05, 0.1) is 11.9 Å². The van der Waals surface area contributed by atoms with Crippen molar-refractivity contribution >= 4 is 5.97 Å². The van der Waals surface area contributed by atoms with E-state index in [-0.39, 0.29) is 0 Å². The van der Waals surface area contributed by atoms with Gasteiger partial charge in [-0.3, -0.25) is 9.97 Å². The fraction of sp³-hybridized carbons (Fsp3) is 0.375. The molecular formula is C8H8F2N2O3. The Kier molecular flexibility index (Phi) is 2.67. The summed E-state index contributed by atoms with van der Waals surface area (Å²) in [6.07, 6.45) is 3.19. The van der Waals surface area contributed by atoms with Gasteiger partial charge in [-0.05, 0) is 6.92 Å². The Morgan fingerprint density at radius 2 is 2.07 bits per heavy atom. The number of hydrogen-bond acceptors (Lipinski definition) is 4. The van der Waals surface area contributed by atoms with E-state index in [9.17, 15) is 18.7 Å². The first-order chi connectivity index (χ1) is 6.80. The van der Waals surface area contributed by atoms with E-state index in [0.29, 0.717) is 6.92 Å². The van der Waals surface area contributed by atoms with Crippen molar-refractivity contribution in [3.8, 4) is 0 Å². The Hall–Kier alpha value is -1.63. The highest BCUT2D eigenvalue weighted by Crippen LogP contribution is 2.36. The fourth-order valence-corrected chi connectivity index (χ4v) is 0.920. The minimum atomic E-state index is -4.33. The Labute approximate surface area is 83.4 Å². The lowest BCUT2D eigenvalue weighted by Crippen LogP contribution is -2.49. The summed E-state index contributed by atoms with van der Waals surface area (Å²) in [5.74, 6) is -6.75. The maximum Gasteiger partial charge on any atom is 0.378 e. The van der Waals surface area contributed by atoms with Gasteiger partial charge in [0.1, 0.15) is 0 Å². The molecule has 0 aromatic carbocycles. The van der Waals surface area contributed by atoms with Crippen molar-refractivity contribution in [3.63, 3.8) is 0 Å². The number of rotatable bonds is 3. The van der Waals surface area contributed by atoms with E-state index < -0.39 is 23.2 Å². The number of alkyl halides is 2. The van der Waals surface area contributed by atoms with Crippen molar-refractivity contribution in [2.24, 2.45) is 0 Å². The molecule has 1 aromatic rings. The molecule has 0 spiro atoms. The van der Waals surface area contributed by atoms with Gasteiger partial charge in [0.15, 0.2) is 5.60 Å². The molecule has 5 nitrogen and oxygen atoms in total. The van der Waals surface area contributed by atoms with Crippen LogP contribution < -0.4 is 0 Å². The second kappa shape index (κ2) is 3.50. The second-order valence-electron chi connectivity index (χ2n) is 3.04. The summed E-state index contributed by atoms with van der Waals surface area (Å²) in [6.45, 7) is 0.672. The first kappa shape index (κ1) is 11.4. The quantitative estimate of drug-likeness (QED) is 0.767. The van der Waals surface area contributed by atoms with E-state index in [1.165, 1.54) is 6.20 Å². The number of carbonyl (C=O) groups is 1. The molecule has 0 aliphatic rings. The summed E-state index contributed by atoms with van der Waals surface area (Å²) in [5.41, 5.74) is -3.40. The van der Waals surface area contributed by atoms with Crippen molar-refractivity contribution in [2.75, 3.05) is 0 Å². The van der Waals surface area contributed by atoms with Gasteiger partial charge >= 0.3 is 11.9 Å². The molecule has 0 aliphatic heterocycles. The molecule has 1 heterocycles. The molecule has 0 fully saturated rings. The molecule has 82 valence electrons. The van der Waals surface area contributed by atoms with Crippen molar-refractivity contribution in [1.29, 1.82) is 0 Å². The molecule has 1 atom stereocenters. The minimum Gasteiger partial charge on any atom is -0.477 e. The summed E-state index contributed by atoms with van der Waals surface area (Å²) in [6, 6.07) is 0. The Morgan fingerprint density at radius 3 is 2.47 bits per heavy atom. The highest BCUT2D eigenvalue weighted by molar-refractivity contribution is 5.77. The largest absolute Gasteiger partial charge is 0.477 e. The van der Waals surface area contributed by atoms with Crippen LogP contribution in [0.1, 0.15) is 12.6 Å². The van der Waals surface area contributed by atoms with E-state index in [2.05, 4.69) is 9.97 Å². The minimum absolute atomic E-state index is 0.502. The van der Waals surface area contributed by atoms with E-state index in [1.807, 2.05) is 0 Å². The Bertz CT molecular complexity index is 367. The fourth-order valence-electron chi connectivity index (χ4n) is 0.920. The van der Waals surface area contributed by atoms with Crippen LogP contribution in [0.3, 0.4) is 0 Å². The molecule has 2 N–H and O–H groups in total. The number of carboxylic acid groups (broad SMARTS) is 1. The zero-order valence-corrected chi connectivity index (χ0v) is 7.69. The lowest BCUT2D eigenvalue weighted by molar-refractivity contribution is -0.208.